The van der Waals surface area contributed by atoms with Crippen LogP contribution in [0.5, 0.6) is 0 Å². The third-order valence-electron chi connectivity index (χ3n) is 11.3. The average Bonchev–Trinajstić information content (AvgIpc) is 3.67. The molecule has 0 fully saturated rings. The van der Waals surface area contributed by atoms with Crippen LogP contribution < -0.4 is 0 Å². The van der Waals surface area contributed by atoms with Crippen LogP contribution in [0, 0.1) is 0 Å². The van der Waals surface area contributed by atoms with E-state index in [9.17, 15) is 0 Å². The number of nitrogens with zero attached hydrogens (tertiary/aromatic N) is 1. The van der Waals surface area contributed by atoms with Gasteiger partial charge in [-0.1, -0.05) is 176 Å². The van der Waals surface area contributed by atoms with Gasteiger partial charge in [-0.25, -0.2) is 4.98 Å². The van der Waals surface area contributed by atoms with E-state index < -0.39 is 0 Å². The van der Waals surface area contributed by atoms with Crippen LogP contribution in [0.15, 0.2) is 212 Å². The Morgan fingerprint density at radius 2 is 0.702 bits per heavy atom. The molecule has 2 aromatic heterocycles. The van der Waals surface area contributed by atoms with Crippen LogP contribution in [0.4, 0.5) is 0 Å². The summed E-state index contributed by atoms with van der Waals surface area (Å²) < 4.78 is 2.67. The molecule has 0 N–H and O–H groups in total. The Bertz CT molecular complexity index is 3250. The number of thiophene rings is 1. The maximum atomic E-state index is 5.20. The summed E-state index contributed by atoms with van der Waals surface area (Å²) in [6.45, 7) is 0. The van der Waals surface area contributed by atoms with Gasteiger partial charge in [-0.2, -0.15) is 0 Å². The van der Waals surface area contributed by atoms with Crippen molar-refractivity contribution >= 4 is 53.1 Å². The molecule has 11 aromatic rings. The molecule has 1 nitrogen and oxygen atoms in total. The van der Waals surface area contributed by atoms with Gasteiger partial charge in [-0.15, -0.1) is 11.3 Å². The Balaban J connectivity index is 0.890. The number of benzene rings is 9. The summed E-state index contributed by atoms with van der Waals surface area (Å²) in [5.41, 5.74) is 13.7. The van der Waals surface area contributed by atoms with Crippen molar-refractivity contribution in [3.05, 3.63) is 212 Å². The van der Waals surface area contributed by atoms with Gasteiger partial charge in [0.25, 0.3) is 0 Å². The average molecular weight is 742 g/mol. The van der Waals surface area contributed by atoms with Gasteiger partial charge in [0.15, 0.2) is 0 Å². The topological polar surface area (TPSA) is 12.9 Å². The summed E-state index contributed by atoms with van der Waals surface area (Å²) in [6.07, 6.45) is 0. The van der Waals surface area contributed by atoms with Gasteiger partial charge >= 0.3 is 0 Å². The molecule has 0 radical (unpaired) electrons. The zero-order chi connectivity index (χ0) is 37.7. The number of rotatable bonds is 6. The molecule has 0 atom stereocenters. The van der Waals surface area contributed by atoms with E-state index in [1.807, 2.05) is 11.3 Å². The standard InChI is InChI=1S/C55H35NS/c1-2-9-42(10-3-1)52-34-47(35-53(56-52)43-25-22-38(23-26-43)44-28-30-49-46(32-44)27-24-41-8-4-5-11-48(41)49)40-20-16-37(17-21-40)36-14-18-39(19-15-36)45-29-31-55-51(33-45)50-12-6-7-13-54(50)57-55/h1-35H. The van der Waals surface area contributed by atoms with Gasteiger partial charge < -0.3 is 0 Å². The molecule has 2 heteroatoms. The highest BCUT2D eigenvalue weighted by Crippen LogP contribution is 2.38. The van der Waals surface area contributed by atoms with E-state index in [-0.39, 0.29) is 0 Å². The first kappa shape index (κ1) is 33.2. The molecule has 266 valence electrons. The summed E-state index contributed by atoms with van der Waals surface area (Å²) >= 11 is 1.86. The fraction of sp³-hybridized carbons (Fsp3) is 0. The van der Waals surface area contributed by atoms with Gasteiger partial charge in [-0.3, -0.25) is 0 Å². The summed E-state index contributed by atoms with van der Waals surface area (Å²) in [6, 6.07) is 77.0. The maximum Gasteiger partial charge on any atom is 0.0715 e. The van der Waals surface area contributed by atoms with Crippen molar-refractivity contribution in [1.82, 2.24) is 4.98 Å². The zero-order valence-electron chi connectivity index (χ0n) is 31.1. The smallest absolute Gasteiger partial charge is 0.0715 e. The summed E-state index contributed by atoms with van der Waals surface area (Å²) in [5, 5.41) is 7.75. The van der Waals surface area contributed by atoms with Gasteiger partial charge in [0.05, 0.1) is 11.4 Å². The lowest BCUT2D eigenvalue weighted by molar-refractivity contribution is 1.32. The lowest BCUT2D eigenvalue weighted by atomic mass is 9.95. The Labute approximate surface area is 335 Å². The molecular weight excluding hydrogens is 707 g/mol. The highest BCUT2D eigenvalue weighted by molar-refractivity contribution is 7.25. The second-order valence-corrected chi connectivity index (χ2v) is 15.8. The molecule has 0 aliphatic heterocycles. The molecule has 0 aliphatic carbocycles. The fourth-order valence-electron chi connectivity index (χ4n) is 8.24. The Morgan fingerprint density at radius 1 is 0.246 bits per heavy atom. The van der Waals surface area contributed by atoms with Gasteiger partial charge in [-0.05, 0) is 102 Å². The highest BCUT2D eigenvalue weighted by atomic mass is 32.1. The maximum absolute atomic E-state index is 5.20. The van der Waals surface area contributed by atoms with Crippen LogP contribution in [-0.2, 0) is 0 Å². The third kappa shape index (κ3) is 6.17. The van der Waals surface area contributed by atoms with Crippen LogP contribution in [0.1, 0.15) is 0 Å². The highest BCUT2D eigenvalue weighted by Gasteiger charge is 2.12. The molecule has 0 saturated heterocycles. The fourth-order valence-corrected chi connectivity index (χ4v) is 9.33. The molecule has 0 unspecified atom stereocenters. The lowest BCUT2D eigenvalue weighted by Gasteiger charge is -2.12. The monoisotopic (exact) mass is 741 g/mol. The van der Waals surface area contributed by atoms with E-state index >= 15 is 0 Å². The predicted octanol–water partition coefficient (Wildman–Crippen LogP) is 15.8. The van der Waals surface area contributed by atoms with Crippen molar-refractivity contribution in [2.75, 3.05) is 0 Å². The van der Waals surface area contributed by atoms with E-state index in [1.54, 1.807) is 0 Å². The summed E-state index contributed by atoms with van der Waals surface area (Å²) in [4.78, 5) is 5.20. The molecule has 57 heavy (non-hydrogen) atoms. The van der Waals surface area contributed by atoms with Crippen LogP contribution in [-0.4, -0.2) is 4.98 Å². The van der Waals surface area contributed by atoms with Crippen LogP contribution in [0.3, 0.4) is 0 Å². The Hall–Kier alpha value is -7.13. The number of pyridine rings is 1. The second-order valence-electron chi connectivity index (χ2n) is 14.8. The van der Waals surface area contributed by atoms with E-state index in [0.29, 0.717) is 0 Å². The Morgan fingerprint density at radius 3 is 1.40 bits per heavy atom. The SMILES string of the molecule is c1ccc(-c2cc(-c3ccc(-c4ccc(-c5ccc6sc7ccccc7c6c5)cc4)cc3)cc(-c3ccc(-c4ccc5c(ccc6ccccc65)c4)cc3)n2)cc1. The number of aromatic nitrogens is 1. The van der Waals surface area contributed by atoms with E-state index in [2.05, 4.69) is 212 Å². The minimum Gasteiger partial charge on any atom is -0.248 e. The first-order chi connectivity index (χ1) is 28.2. The van der Waals surface area contributed by atoms with Crippen molar-refractivity contribution in [3.63, 3.8) is 0 Å². The van der Waals surface area contributed by atoms with Crippen molar-refractivity contribution in [2.45, 2.75) is 0 Å². The molecule has 0 amide bonds. The molecule has 9 aromatic carbocycles. The molecule has 0 saturated carbocycles. The molecule has 0 spiro atoms. The van der Waals surface area contributed by atoms with Gasteiger partial charge in [0, 0.05) is 31.3 Å². The first-order valence-electron chi connectivity index (χ1n) is 19.4. The van der Waals surface area contributed by atoms with E-state index in [1.165, 1.54) is 75.1 Å². The zero-order valence-corrected chi connectivity index (χ0v) is 31.9. The number of hydrogen-bond donors (Lipinski definition) is 0. The van der Waals surface area contributed by atoms with Crippen molar-refractivity contribution in [3.8, 4) is 67.0 Å². The molecule has 0 aliphatic rings. The van der Waals surface area contributed by atoms with Crippen LogP contribution in [0.2, 0.25) is 0 Å². The molecule has 2 heterocycles. The minimum absolute atomic E-state index is 0.955. The van der Waals surface area contributed by atoms with Crippen molar-refractivity contribution in [2.24, 2.45) is 0 Å². The van der Waals surface area contributed by atoms with Crippen molar-refractivity contribution < 1.29 is 0 Å². The molecule has 0 bridgehead atoms. The first-order valence-corrected chi connectivity index (χ1v) is 20.2. The Kier molecular flexibility index (Phi) is 8.08. The van der Waals surface area contributed by atoms with Gasteiger partial charge in [0.2, 0.25) is 0 Å². The van der Waals surface area contributed by atoms with Crippen molar-refractivity contribution in [1.29, 1.82) is 0 Å². The van der Waals surface area contributed by atoms with Crippen LogP contribution >= 0.6 is 11.3 Å². The lowest BCUT2D eigenvalue weighted by Crippen LogP contribution is -1.91. The molecule has 11 rings (SSSR count). The van der Waals surface area contributed by atoms with E-state index in [4.69, 9.17) is 4.98 Å². The molecular formula is C55H35NS. The number of fused-ring (bicyclic) bond motifs is 6. The minimum atomic E-state index is 0.955. The predicted molar refractivity (Wildman–Crippen MR) is 245 cm³/mol. The number of hydrogen-bond acceptors (Lipinski definition) is 2. The van der Waals surface area contributed by atoms with Gasteiger partial charge in [0.1, 0.15) is 0 Å². The normalized spacial score (nSPS) is 11.5. The largest absolute Gasteiger partial charge is 0.248 e. The summed E-state index contributed by atoms with van der Waals surface area (Å²) in [5.74, 6) is 0. The summed E-state index contributed by atoms with van der Waals surface area (Å²) in [7, 11) is 0. The van der Waals surface area contributed by atoms with E-state index in [0.717, 1.165) is 33.6 Å². The third-order valence-corrected chi connectivity index (χ3v) is 12.5. The van der Waals surface area contributed by atoms with Crippen LogP contribution in [0.25, 0.3) is 109 Å². The second kappa shape index (κ2) is 13.9. The quantitative estimate of drug-likeness (QED) is 0.155.